The molecule has 0 aliphatic carbocycles. The van der Waals surface area contributed by atoms with Gasteiger partial charge in [0, 0.05) is 26.2 Å². The number of carbonyl (C=O) groups excluding carboxylic acids is 1. The minimum atomic E-state index is -1.16. The number of hydrogen-bond acceptors (Lipinski definition) is 5. The zero-order valence-corrected chi connectivity index (χ0v) is 9.64. The van der Waals surface area contributed by atoms with E-state index in [1.807, 2.05) is 6.92 Å². The Hall–Kier alpha value is -1.63. The molecular weight excluding hydrogens is 228 g/mol. The topological polar surface area (TPSA) is 97.2 Å². The largest absolute Gasteiger partial charge is 0.477 e. The predicted molar refractivity (Wildman–Crippen MR) is 58.7 cm³/mol. The first-order chi connectivity index (χ1) is 8.15. The maximum atomic E-state index is 11.5. The monoisotopic (exact) mass is 244 g/mol. The van der Waals surface area contributed by atoms with Crippen LogP contribution in [0.25, 0.3) is 0 Å². The molecule has 1 amide bonds. The van der Waals surface area contributed by atoms with Crippen LogP contribution >= 0.6 is 0 Å². The molecule has 96 valence electrons. The van der Waals surface area contributed by atoms with Gasteiger partial charge in [-0.2, -0.15) is 0 Å². The van der Waals surface area contributed by atoms with Crippen LogP contribution in [0.5, 0.6) is 0 Å². The van der Waals surface area contributed by atoms with E-state index >= 15 is 0 Å². The van der Waals surface area contributed by atoms with Crippen molar-refractivity contribution in [3.8, 4) is 0 Å². The van der Waals surface area contributed by atoms with Crippen LogP contribution in [0.4, 0.5) is 0 Å². The van der Waals surface area contributed by atoms with Gasteiger partial charge in [0.2, 0.25) is 6.10 Å². The number of aliphatic carboxylic acids is 1. The average molecular weight is 244 g/mol. The first-order valence-electron chi connectivity index (χ1n) is 5.46. The second-order valence-electron chi connectivity index (χ2n) is 3.48. The van der Waals surface area contributed by atoms with E-state index in [1.165, 1.54) is 0 Å². The molecule has 1 aliphatic rings. The Kier molecular flexibility index (Phi) is 5.41. The highest BCUT2D eigenvalue weighted by Gasteiger charge is 2.31. The lowest BCUT2D eigenvalue weighted by atomic mass is 10.2. The van der Waals surface area contributed by atoms with E-state index in [1.54, 1.807) is 0 Å². The van der Waals surface area contributed by atoms with Crippen LogP contribution in [0.15, 0.2) is 5.16 Å². The molecule has 0 fully saturated rings. The molecule has 0 spiro atoms. The number of carboxylic acid groups (broad SMARTS) is 1. The zero-order valence-electron chi connectivity index (χ0n) is 9.64. The molecule has 1 heterocycles. The molecule has 1 rings (SSSR count). The minimum Gasteiger partial charge on any atom is -0.477 e. The Morgan fingerprint density at radius 2 is 2.41 bits per heavy atom. The molecule has 0 saturated heterocycles. The molecule has 7 heteroatoms. The van der Waals surface area contributed by atoms with Crippen molar-refractivity contribution in [3.63, 3.8) is 0 Å². The van der Waals surface area contributed by atoms with Gasteiger partial charge in [-0.05, 0) is 13.3 Å². The summed E-state index contributed by atoms with van der Waals surface area (Å²) in [6, 6.07) is 0. The third-order valence-electron chi connectivity index (χ3n) is 2.18. The number of ether oxygens (including phenoxy) is 1. The van der Waals surface area contributed by atoms with Gasteiger partial charge < -0.3 is 20.0 Å². The van der Waals surface area contributed by atoms with Gasteiger partial charge in [0.15, 0.2) is 5.71 Å². The number of oxime groups is 1. The fraction of sp³-hybridized carbons (Fsp3) is 0.700. The van der Waals surface area contributed by atoms with E-state index in [0.29, 0.717) is 26.2 Å². The summed E-state index contributed by atoms with van der Waals surface area (Å²) >= 11 is 0. The maximum absolute atomic E-state index is 11.5. The Morgan fingerprint density at radius 1 is 1.65 bits per heavy atom. The summed E-state index contributed by atoms with van der Waals surface area (Å²) in [5.74, 6) is -1.50. The van der Waals surface area contributed by atoms with Crippen LogP contribution in [0.1, 0.15) is 19.8 Å². The Labute approximate surface area is 98.8 Å². The van der Waals surface area contributed by atoms with E-state index < -0.39 is 12.1 Å². The second kappa shape index (κ2) is 6.85. The first kappa shape index (κ1) is 13.4. The average Bonchev–Trinajstić information content (AvgIpc) is 2.78. The highest BCUT2D eigenvalue weighted by Crippen LogP contribution is 2.10. The number of nitrogens with zero attached hydrogens (tertiary/aromatic N) is 1. The van der Waals surface area contributed by atoms with Gasteiger partial charge in [0.05, 0.1) is 0 Å². The van der Waals surface area contributed by atoms with E-state index in [-0.39, 0.29) is 18.0 Å². The van der Waals surface area contributed by atoms with Crippen LogP contribution in [0, 0.1) is 0 Å². The molecule has 0 aromatic rings. The van der Waals surface area contributed by atoms with Crippen molar-refractivity contribution < 1.29 is 24.3 Å². The van der Waals surface area contributed by atoms with Crippen LogP contribution in [-0.4, -0.2) is 48.6 Å². The summed E-state index contributed by atoms with van der Waals surface area (Å²) in [7, 11) is 0. The predicted octanol–water partition coefficient (Wildman–Crippen LogP) is -0.241. The highest BCUT2D eigenvalue weighted by molar-refractivity contribution is 6.36. The zero-order chi connectivity index (χ0) is 12.7. The molecule has 0 bridgehead atoms. The van der Waals surface area contributed by atoms with E-state index in [9.17, 15) is 9.59 Å². The van der Waals surface area contributed by atoms with Gasteiger partial charge >= 0.3 is 5.97 Å². The SMILES string of the molecule is CCOCCCNC(=O)C1CC(C(=O)O)=NO1. The van der Waals surface area contributed by atoms with Crippen molar-refractivity contribution in [2.75, 3.05) is 19.8 Å². The van der Waals surface area contributed by atoms with Gasteiger partial charge in [-0.25, -0.2) is 4.79 Å². The number of carbonyl (C=O) groups is 2. The molecule has 0 saturated carbocycles. The third-order valence-corrected chi connectivity index (χ3v) is 2.18. The van der Waals surface area contributed by atoms with Gasteiger partial charge in [0.1, 0.15) is 0 Å². The minimum absolute atomic E-state index is 0.00657. The van der Waals surface area contributed by atoms with Crippen molar-refractivity contribution >= 4 is 17.6 Å². The molecule has 1 aliphatic heterocycles. The summed E-state index contributed by atoms with van der Waals surface area (Å²) in [6.45, 7) is 3.60. The number of carboxylic acids is 1. The van der Waals surface area contributed by atoms with Crippen LogP contribution in [0.3, 0.4) is 0 Å². The Balaban J connectivity index is 2.16. The van der Waals surface area contributed by atoms with Crippen molar-refractivity contribution in [1.82, 2.24) is 5.32 Å². The maximum Gasteiger partial charge on any atom is 0.353 e. The van der Waals surface area contributed by atoms with E-state index in [0.717, 1.165) is 0 Å². The van der Waals surface area contributed by atoms with Crippen molar-refractivity contribution in [1.29, 1.82) is 0 Å². The fourth-order valence-electron chi connectivity index (χ4n) is 1.29. The summed E-state index contributed by atoms with van der Waals surface area (Å²) in [5, 5.41) is 14.6. The van der Waals surface area contributed by atoms with Crippen LogP contribution < -0.4 is 5.32 Å². The number of nitrogens with one attached hydrogen (secondary N) is 1. The van der Waals surface area contributed by atoms with Gasteiger partial charge in [-0.1, -0.05) is 5.16 Å². The summed E-state index contributed by atoms with van der Waals surface area (Å²) in [5.41, 5.74) is -0.125. The summed E-state index contributed by atoms with van der Waals surface area (Å²) in [6.07, 6.45) is -0.112. The fourth-order valence-corrected chi connectivity index (χ4v) is 1.29. The van der Waals surface area contributed by atoms with Gasteiger partial charge in [0.25, 0.3) is 5.91 Å². The molecule has 1 unspecified atom stereocenters. The first-order valence-corrected chi connectivity index (χ1v) is 5.46. The normalized spacial score (nSPS) is 18.4. The lowest BCUT2D eigenvalue weighted by Gasteiger charge is -2.08. The molecule has 17 heavy (non-hydrogen) atoms. The number of hydrogen-bond donors (Lipinski definition) is 2. The smallest absolute Gasteiger partial charge is 0.353 e. The summed E-state index contributed by atoms with van der Waals surface area (Å²) in [4.78, 5) is 26.8. The van der Waals surface area contributed by atoms with E-state index in [4.69, 9.17) is 14.7 Å². The van der Waals surface area contributed by atoms with Crippen LogP contribution in [-0.2, 0) is 19.2 Å². The second-order valence-corrected chi connectivity index (χ2v) is 3.48. The molecule has 7 nitrogen and oxygen atoms in total. The number of amides is 1. The van der Waals surface area contributed by atoms with Gasteiger partial charge in [-0.15, -0.1) is 0 Å². The van der Waals surface area contributed by atoms with Crippen molar-refractivity contribution in [3.05, 3.63) is 0 Å². The lowest BCUT2D eigenvalue weighted by molar-refractivity contribution is -0.131. The molecule has 0 aromatic heterocycles. The van der Waals surface area contributed by atoms with Crippen molar-refractivity contribution in [2.45, 2.75) is 25.9 Å². The van der Waals surface area contributed by atoms with E-state index in [2.05, 4.69) is 10.5 Å². The van der Waals surface area contributed by atoms with Crippen LogP contribution in [0.2, 0.25) is 0 Å². The standard InChI is InChI=1S/C10H16N2O5/c1-2-16-5-3-4-11-9(13)8-6-7(10(14)15)12-17-8/h8H,2-6H2,1H3,(H,11,13)(H,14,15). The molecular formula is C10H16N2O5. The lowest BCUT2D eigenvalue weighted by Crippen LogP contribution is -2.36. The highest BCUT2D eigenvalue weighted by atomic mass is 16.6. The molecule has 0 aromatic carbocycles. The third kappa shape index (κ3) is 4.39. The molecule has 2 N–H and O–H groups in total. The summed E-state index contributed by atoms with van der Waals surface area (Å²) < 4.78 is 5.11. The van der Waals surface area contributed by atoms with Gasteiger partial charge in [-0.3, -0.25) is 4.79 Å². The molecule has 1 atom stereocenters. The number of rotatable bonds is 7. The Bertz CT molecular complexity index is 316. The van der Waals surface area contributed by atoms with Crippen molar-refractivity contribution in [2.24, 2.45) is 5.16 Å². The quantitative estimate of drug-likeness (QED) is 0.602. The molecule has 0 radical (unpaired) electrons. The Morgan fingerprint density at radius 3 is 3.00 bits per heavy atom.